The van der Waals surface area contributed by atoms with Crippen molar-refractivity contribution in [2.45, 2.75) is 91.7 Å². The van der Waals surface area contributed by atoms with Gasteiger partial charge in [-0.15, -0.1) is 0 Å². The Balaban J connectivity index is 4.25. The van der Waals surface area contributed by atoms with Gasteiger partial charge >= 0.3 is 0 Å². The van der Waals surface area contributed by atoms with E-state index in [-0.39, 0.29) is 5.60 Å². The quantitative estimate of drug-likeness (QED) is 0.288. The summed E-state index contributed by atoms with van der Waals surface area (Å²) >= 11 is 0. The van der Waals surface area contributed by atoms with Crippen LogP contribution < -0.4 is 5.32 Å². The molecule has 0 aliphatic rings. The van der Waals surface area contributed by atoms with Crippen molar-refractivity contribution in [3.05, 3.63) is 0 Å². The summed E-state index contributed by atoms with van der Waals surface area (Å²) in [5.41, 5.74) is 0.108. The Hall–Kier alpha value is 0.0569. The van der Waals surface area contributed by atoms with Gasteiger partial charge in [0, 0.05) is 12.2 Å². The minimum atomic E-state index is -0.482. The average molecular weight is 388 g/mol. The summed E-state index contributed by atoms with van der Waals surface area (Å²) < 4.78 is 6.36. The molecule has 1 unspecified atom stereocenters. The van der Waals surface area contributed by atoms with E-state index >= 15 is 0 Å². The van der Waals surface area contributed by atoms with E-state index in [0.29, 0.717) is 6.04 Å². The Bertz CT molecular complexity index is 314. The Morgan fingerprint density at radius 1 is 1.00 bits per heavy atom. The summed E-state index contributed by atoms with van der Waals surface area (Å²) in [5, 5.41) is 3.62. The fourth-order valence-corrected chi connectivity index (χ4v) is 4.76. The molecule has 0 aromatic heterocycles. The minimum absolute atomic E-state index is 0.108. The fourth-order valence-electron chi connectivity index (χ4n) is 3.06. The largest absolute Gasteiger partial charge is 0.418 e. The van der Waals surface area contributed by atoms with Gasteiger partial charge in [-0.1, -0.05) is 27.7 Å². The van der Waals surface area contributed by atoms with Crippen LogP contribution in [-0.2, 0) is 4.43 Å². The molecule has 0 rings (SSSR count). The van der Waals surface area contributed by atoms with Crippen LogP contribution in [0.1, 0.15) is 80.1 Å². The SMILES string of the molecule is CCCN(C)CCCN(CCCNC(C)CC)C[SiH2]OC(C)(CC)CC. The van der Waals surface area contributed by atoms with Gasteiger partial charge in [-0.25, -0.2) is 0 Å². The second-order valence-corrected chi connectivity index (χ2v) is 9.27. The zero-order valence-corrected chi connectivity index (χ0v) is 20.5. The molecule has 0 bridgehead atoms. The molecular formula is C21H49N3OSi. The predicted octanol–water partition coefficient (Wildman–Crippen LogP) is 3.44. The van der Waals surface area contributed by atoms with Crippen LogP contribution in [0.15, 0.2) is 0 Å². The molecule has 158 valence electrons. The lowest BCUT2D eigenvalue weighted by Gasteiger charge is -2.30. The fraction of sp³-hybridized carbons (Fsp3) is 1.00. The van der Waals surface area contributed by atoms with E-state index in [1.54, 1.807) is 0 Å². The van der Waals surface area contributed by atoms with E-state index in [2.05, 4.69) is 63.7 Å². The molecule has 0 saturated heterocycles. The Morgan fingerprint density at radius 2 is 1.65 bits per heavy atom. The molecule has 0 aromatic carbocycles. The molecular weight excluding hydrogens is 338 g/mol. The molecule has 0 aliphatic heterocycles. The molecule has 0 radical (unpaired) electrons. The van der Waals surface area contributed by atoms with E-state index in [0.717, 1.165) is 19.4 Å². The molecule has 26 heavy (non-hydrogen) atoms. The van der Waals surface area contributed by atoms with Gasteiger partial charge in [0.2, 0.25) is 0 Å². The highest BCUT2D eigenvalue weighted by Crippen LogP contribution is 2.18. The third-order valence-electron chi connectivity index (χ3n) is 5.73. The molecule has 0 amide bonds. The van der Waals surface area contributed by atoms with Crippen molar-refractivity contribution in [1.82, 2.24) is 15.1 Å². The van der Waals surface area contributed by atoms with Crippen molar-refractivity contribution in [3.8, 4) is 0 Å². The first-order chi connectivity index (χ1) is 12.4. The maximum absolute atomic E-state index is 6.36. The smallest absolute Gasteiger partial charge is 0.176 e. The monoisotopic (exact) mass is 387 g/mol. The third-order valence-corrected chi connectivity index (χ3v) is 7.45. The van der Waals surface area contributed by atoms with Gasteiger partial charge in [0.05, 0.1) is 5.60 Å². The second kappa shape index (κ2) is 16.1. The molecule has 0 fully saturated rings. The van der Waals surface area contributed by atoms with E-state index in [4.69, 9.17) is 4.43 Å². The van der Waals surface area contributed by atoms with Crippen LogP contribution in [0.2, 0.25) is 0 Å². The van der Waals surface area contributed by atoms with E-state index < -0.39 is 9.76 Å². The number of nitrogens with zero attached hydrogens (tertiary/aromatic N) is 2. The van der Waals surface area contributed by atoms with Crippen LogP contribution in [0.5, 0.6) is 0 Å². The van der Waals surface area contributed by atoms with Crippen LogP contribution in [0.25, 0.3) is 0 Å². The van der Waals surface area contributed by atoms with Crippen molar-refractivity contribution in [3.63, 3.8) is 0 Å². The number of hydrogen-bond acceptors (Lipinski definition) is 4. The first-order valence-electron chi connectivity index (χ1n) is 11.2. The molecule has 0 aromatic rings. The molecule has 0 aliphatic carbocycles. The lowest BCUT2D eigenvalue weighted by atomic mass is 10.0. The van der Waals surface area contributed by atoms with Crippen molar-refractivity contribution in [2.75, 3.05) is 45.9 Å². The van der Waals surface area contributed by atoms with Crippen LogP contribution in [0.3, 0.4) is 0 Å². The van der Waals surface area contributed by atoms with Gasteiger partial charge in [0.15, 0.2) is 9.76 Å². The van der Waals surface area contributed by atoms with Gasteiger partial charge in [0.1, 0.15) is 0 Å². The van der Waals surface area contributed by atoms with E-state index in [9.17, 15) is 0 Å². The average Bonchev–Trinajstić information content (AvgIpc) is 2.64. The summed E-state index contributed by atoms with van der Waals surface area (Å²) in [6, 6.07) is 0.638. The van der Waals surface area contributed by atoms with Crippen molar-refractivity contribution >= 4 is 9.76 Å². The summed E-state index contributed by atoms with van der Waals surface area (Å²) in [6.45, 7) is 19.5. The number of nitrogens with one attached hydrogen (secondary N) is 1. The van der Waals surface area contributed by atoms with Crippen molar-refractivity contribution < 1.29 is 4.43 Å². The zero-order valence-electron chi connectivity index (χ0n) is 19.1. The standard InChI is InChI=1S/C21H49N3OSi/c1-8-15-23(7)16-13-18-24(17-12-14-22-20(5)9-2)19-26-25-21(6,10-3)11-4/h20,22H,8-19,26H2,1-7H3. The van der Waals surface area contributed by atoms with E-state index in [1.807, 2.05) is 0 Å². The number of hydrogen-bond donors (Lipinski definition) is 1. The Morgan fingerprint density at radius 3 is 2.23 bits per heavy atom. The maximum Gasteiger partial charge on any atom is 0.176 e. The Labute approximate surface area is 167 Å². The van der Waals surface area contributed by atoms with Gasteiger partial charge in [-0.3, -0.25) is 0 Å². The molecule has 5 heteroatoms. The topological polar surface area (TPSA) is 27.7 Å². The van der Waals surface area contributed by atoms with Crippen LogP contribution in [0, 0.1) is 0 Å². The van der Waals surface area contributed by atoms with Gasteiger partial charge in [-0.05, 0) is 92.1 Å². The Kier molecular flexibility index (Phi) is 16.1. The third kappa shape index (κ3) is 13.3. The van der Waals surface area contributed by atoms with Crippen LogP contribution in [0.4, 0.5) is 0 Å². The first-order valence-corrected chi connectivity index (χ1v) is 12.8. The molecule has 1 N–H and O–H groups in total. The van der Waals surface area contributed by atoms with Crippen molar-refractivity contribution in [2.24, 2.45) is 0 Å². The lowest BCUT2D eigenvalue weighted by Crippen LogP contribution is -2.38. The highest BCUT2D eigenvalue weighted by atomic mass is 28.2. The number of rotatable bonds is 18. The maximum atomic E-state index is 6.36. The van der Waals surface area contributed by atoms with Crippen LogP contribution >= 0.6 is 0 Å². The molecule has 0 spiro atoms. The molecule has 0 heterocycles. The molecule has 0 saturated carbocycles. The predicted molar refractivity (Wildman–Crippen MR) is 120 cm³/mol. The van der Waals surface area contributed by atoms with Crippen LogP contribution in [-0.4, -0.2) is 77.1 Å². The summed E-state index contributed by atoms with van der Waals surface area (Å²) in [4.78, 5) is 5.12. The van der Waals surface area contributed by atoms with E-state index in [1.165, 1.54) is 58.0 Å². The summed E-state index contributed by atoms with van der Waals surface area (Å²) in [5.74, 6) is 0. The summed E-state index contributed by atoms with van der Waals surface area (Å²) in [7, 11) is 1.76. The summed E-state index contributed by atoms with van der Waals surface area (Å²) in [6.07, 6.45) is 8.39. The van der Waals surface area contributed by atoms with Crippen molar-refractivity contribution in [1.29, 1.82) is 0 Å². The van der Waals surface area contributed by atoms with Gasteiger partial charge < -0.3 is 19.5 Å². The molecule has 1 atom stereocenters. The van der Waals surface area contributed by atoms with Gasteiger partial charge in [-0.2, -0.15) is 0 Å². The van der Waals surface area contributed by atoms with Gasteiger partial charge in [0.25, 0.3) is 0 Å². The lowest BCUT2D eigenvalue weighted by molar-refractivity contribution is 0.0814. The second-order valence-electron chi connectivity index (χ2n) is 8.12. The highest BCUT2D eigenvalue weighted by molar-refractivity contribution is 6.27. The normalized spacial score (nSPS) is 14.2. The first kappa shape index (κ1) is 26.1. The minimum Gasteiger partial charge on any atom is -0.418 e. The highest BCUT2D eigenvalue weighted by Gasteiger charge is 2.19. The zero-order chi connectivity index (χ0) is 19.8. The molecule has 4 nitrogen and oxygen atoms in total.